The summed E-state index contributed by atoms with van der Waals surface area (Å²) in [4.78, 5) is 19.9. The molecule has 0 atom stereocenters. The number of fused-ring (bicyclic) bond motifs is 1. The first-order chi connectivity index (χ1) is 16.5. The number of nitrogens with zero attached hydrogens (tertiary/aromatic N) is 2. The van der Waals surface area contributed by atoms with Gasteiger partial charge < -0.3 is 19.8 Å². The van der Waals surface area contributed by atoms with E-state index < -0.39 is 0 Å². The molecule has 4 aromatic rings. The van der Waals surface area contributed by atoms with Gasteiger partial charge in [-0.25, -0.2) is 4.98 Å². The summed E-state index contributed by atoms with van der Waals surface area (Å²) < 4.78 is 11.1. The number of halogens is 1. The van der Waals surface area contributed by atoms with Crippen LogP contribution < -0.4 is 14.8 Å². The molecule has 7 nitrogen and oxygen atoms in total. The maximum Gasteiger partial charge on any atom is 0.262 e. The number of amides is 1. The Hall–Kier alpha value is -4.28. The molecule has 0 spiro atoms. The SMILES string of the molecule is COc1cc(/C=C(/C#N)c2nc3ccc(C)cc3[nH]2)cc(Cl)c1OCC(=O)Nc1ccccc1. The zero-order valence-corrected chi connectivity index (χ0v) is 19.3. The summed E-state index contributed by atoms with van der Waals surface area (Å²) in [6.45, 7) is 1.74. The number of imidazole rings is 1. The van der Waals surface area contributed by atoms with Gasteiger partial charge in [-0.15, -0.1) is 0 Å². The summed E-state index contributed by atoms with van der Waals surface area (Å²) in [5.41, 5.74) is 4.34. The average Bonchev–Trinajstić information content (AvgIpc) is 3.25. The van der Waals surface area contributed by atoms with E-state index in [1.54, 1.807) is 30.3 Å². The molecule has 0 fully saturated rings. The molecule has 0 bridgehead atoms. The number of aromatic amines is 1. The normalized spacial score (nSPS) is 11.2. The lowest BCUT2D eigenvalue weighted by Crippen LogP contribution is -2.20. The highest BCUT2D eigenvalue weighted by Crippen LogP contribution is 2.37. The van der Waals surface area contributed by atoms with Gasteiger partial charge in [0, 0.05) is 5.69 Å². The molecule has 4 rings (SSSR count). The molecule has 0 saturated carbocycles. The molecule has 0 aliphatic carbocycles. The lowest BCUT2D eigenvalue weighted by atomic mass is 10.1. The Balaban J connectivity index is 1.55. The number of hydrogen-bond donors (Lipinski definition) is 2. The number of carbonyl (C=O) groups excluding carboxylic acids is 1. The Morgan fingerprint density at radius 1 is 1.21 bits per heavy atom. The number of aromatic nitrogens is 2. The van der Waals surface area contributed by atoms with Crippen molar-refractivity contribution < 1.29 is 14.3 Å². The molecule has 0 radical (unpaired) electrons. The molecule has 34 heavy (non-hydrogen) atoms. The number of hydrogen-bond acceptors (Lipinski definition) is 5. The number of nitrogens with one attached hydrogen (secondary N) is 2. The molecule has 0 saturated heterocycles. The highest BCUT2D eigenvalue weighted by atomic mass is 35.5. The summed E-state index contributed by atoms with van der Waals surface area (Å²) in [6.07, 6.45) is 1.66. The van der Waals surface area contributed by atoms with Gasteiger partial charge in [-0.2, -0.15) is 5.26 Å². The van der Waals surface area contributed by atoms with E-state index in [0.29, 0.717) is 28.4 Å². The number of aryl methyl sites for hydroxylation is 1. The number of para-hydroxylation sites is 1. The van der Waals surface area contributed by atoms with Crippen LogP contribution in [-0.4, -0.2) is 29.6 Å². The monoisotopic (exact) mass is 472 g/mol. The van der Waals surface area contributed by atoms with Gasteiger partial charge in [0.15, 0.2) is 18.1 Å². The van der Waals surface area contributed by atoms with Gasteiger partial charge in [-0.1, -0.05) is 35.9 Å². The number of rotatable bonds is 7. The average molecular weight is 473 g/mol. The van der Waals surface area contributed by atoms with Gasteiger partial charge in [-0.3, -0.25) is 4.79 Å². The predicted molar refractivity (Wildman–Crippen MR) is 133 cm³/mol. The molecule has 170 valence electrons. The van der Waals surface area contributed by atoms with Crippen molar-refractivity contribution in [2.24, 2.45) is 0 Å². The summed E-state index contributed by atoms with van der Waals surface area (Å²) in [7, 11) is 1.48. The van der Waals surface area contributed by atoms with Crippen molar-refractivity contribution in [2.45, 2.75) is 6.92 Å². The van der Waals surface area contributed by atoms with Gasteiger partial charge in [0.1, 0.15) is 11.9 Å². The highest BCUT2D eigenvalue weighted by molar-refractivity contribution is 6.32. The van der Waals surface area contributed by atoms with Crippen molar-refractivity contribution in [1.82, 2.24) is 9.97 Å². The third-order valence-corrected chi connectivity index (χ3v) is 5.26. The van der Waals surface area contributed by atoms with Crippen LogP contribution in [0.1, 0.15) is 17.0 Å². The molecular weight excluding hydrogens is 452 g/mol. The highest BCUT2D eigenvalue weighted by Gasteiger charge is 2.15. The second kappa shape index (κ2) is 10.1. The number of methoxy groups -OCH3 is 1. The van der Waals surface area contributed by atoms with Crippen LogP contribution in [0.15, 0.2) is 60.7 Å². The lowest BCUT2D eigenvalue weighted by molar-refractivity contribution is -0.118. The maximum atomic E-state index is 12.2. The lowest BCUT2D eigenvalue weighted by Gasteiger charge is -2.13. The molecule has 0 aliphatic heterocycles. The molecular formula is C26H21ClN4O3. The first kappa shape index (κ1) is 22.9. The molecule has 3 aromatic carbocycles. The molecule has 2 N–H and O–H groups in total. The van der Waals surface area contributed by atoms with Gasteiger partial charge >= 0.3 is 0 Å². The van der Waals surface area contributed by atoms with Crippen LogP contribution in [0.25, 0.3) is 22.7 Å². The Labute approximate surface area is 201 Å². The Morgan fingerprint density at radius 3 is 2.74 bits per heavy atom. The van der Waals surface area contributed by atoms with Crippen molar-refractivity contribution in [3.63, 3.8) is 0 Å². The van der Waals surface area contributed by atoms with Crippen molar-refractivity contribution in [3.05, 3.63) is 82.6 Å². The molecule has 1 heterocycles. The van der Waals surface area contributed by atoms with E-state index in [1.165, 1.54) is 7.11 Å². The maximum absolute atomic E-state index is 12.2. The van der Waals surface area contributed by atoms with Crippen LogP contribution in [0.5, 0.6) is 11.5 Å². The van der Waals surface area contributed by atoms with E-state index in [9.17, 15) is 10.1 Å². The second-order valence-electron chi connectivity index (χ2n) is 7.51. The smallest absolute Gasteiger partial charge is 0.262 e. The van der Waals surface area contributed by atoms with E-state index in [-0.39, 0.29) is 23.3 Å². The van der Waals surface area contributed by atoms with Crippen molar-refractivity contribution in [2.75, 3.05) is 19.0 Å². The van der Waals surface area contributed by atoms with Gasteiger partial charge in [-0.05, 0) is 60.5 Å². The fourth-order valence-electron chi connectivity index (χ4n) is 3.39. The van der Waals surface area contributed by atoms with Crippen molar-refractivity contribution in [1.29, 1.82) is 5.26 Å². The first-order valence-corrected chi connectivity index (χ1v) is 10.8. The molecule has 1 aromatic heterocycles. The van der Waals surface area contributed by atoms with Crippen molar-refractivity contribution in [3.8, 4) is 17.6 Å². The van der Waals surface area contributed by atoms with Crippen LogP contribution in [0, 0.1) is 18.3 Å². The standard InChI is InChI=1S/C26H21ClN4O3/c1-16-8-9-21-22(10-16)31-26(30-21)18(14-28)11-17-12-20(27)25(23(13-17)33-2)34-15-24(32)29-19-6-4-3-5-7-19/h3-13H,15H2,1-2H3,(H,29,32)(H,30,31)/b18-11-. The number of benzene rings is 3. The Bertz CT molecular complexity index is 1420. The molecule has 0 unspecified atom stereocenters. The van der Waals surface area contributed by atoms with E-state index in [0.717, 1.165) is 16.6 Å². The number of H-pyrrole nitrogens is 1. The summed E-state index contributed by atoms with van der Waals surface area (Å²) >= 11 is 6.44. The minimum Gasteiger partial charge on any atom is -0.493 e. The van der Waals surface area contributed by atoms with Gasteiger partial charge in [0.05, 0.1) is 28.7 Å². The van der Waals surface area contributed by atoms with Crippen LogP contribution in [0.4, 0.5) is 5.69 Å². The van der Waals surface area contributed by atoms with Gasteiger partial charge in [0.25, 0.3) is 5.91 Å². The number of ether oxygens (including phenoxy) is 2. The van der Waals surface area contributed by atoms with Crippen LogP contribution in [0.3, 0.4) is 0 Å². The van der Waals surface area contributed by atoms with Crippen LogP contribution in [0.2, 0.25) is 5.02 Å². The zero-order chi connectivity index (χ0) is 24.1. The minimum absolute atomic E-state index is 0.238. The summed E-state index contributed by atoms with van der Waals surface area (Å²) in [5.74, 6) is 0.697. The minimum atomic E-state index is -0.333. The third kappa shape index (κ3) is 5.20. The van der Waals surface area contributed by atoms with Crippen LogP contribution >= 0.6 is 11.6 Å². The van der Waals surface area contributed by atoms with Gasteiger partial charge in [0.2, 0.25) is 0 Å². The molecule has 0 aliphatic rings. The Morgan fingerprint density at radius 2 is 2.00 bits per heavy atom. The van der Waals surface area contributed by atoms with E-state index >= 15 is 0 Å². The summed E-state index contributed by atoms with van der Waals surface area (Å²) in [6, 6.07) is 20.4. The number of allylic oxidation sites excluding steroid dienone is 1. The largest absolute Gasteiger partial charge is 0.493 e. The molecule has 1 amide bonds. The topological polar surface area (TPSA) is 100 Å². The third-order valence-electron chi connectivity index (χ3n) is 4.98. The van der Waals surface area contributed by atoms with E-state index in [2.05, 4.69) is 21.4 Å². The van der Waals surface area contributed by atoms with Crippen LogP contribution in [-0.2, 0) is 4.79 Å². The number of carbonyl (C=O) groups is 1. The fourth-order valence-corrected chi connectivity index (χ4v) is 3.66. The fraction of sp³-hybridized carbons (Fsp3) is 0.115. The van der Waals surface area contributed by atoms with E-state index in [1.807, 2.05) is 43.3 Å². The predicted octanol–water partition coefficient (Wildman–Crippen LogP) is 5.62. The van der Waals surface area contributed by atoms with Crippen molar-refractivity contribution >= 4 is 45.9 Å². The van der Waals surface area contributed by atoms with E-state index in [4.69, 9.17) is 21.1 Å². The molecule has 8 heteroatoms. The Kier molecular flexibility index (Phi) is 6.81. The first-order valence-electron chi connectivity index (χ1n) is 10.4. The quantitative estimate of drug-likeness (QED) is 0.340. The second-order valence-corrected chi connectivity index (χ2v) is 7.92. The zero-order valence-electron chi connectivity index (χ0n) is 18.6. The summed E-state index contributed by atoms with van der Waals surface area (Å²) in [5, 5.41) is 12.7. The number of anilines is 1. The number of nitriles is 1.